The third-order valence-electron chi connectivity index (χ3n) is 4.04. The van der Waals surface area contributed by atoms with Gasteiger partial charge in [-0.2, -0.15) is 0 Å². The fourth-order valence-electron chi connectivity index (χ4n) is 2.68. The number of carbonyl (C=O) groups is 1. The van der Waals surface area contributed by atoms with E-state index in [1.807, 2.05) is 18.2 Å². The van der Waals surface area contributed by atoms with Crippen molar-refractivity contribution in [2.45, 2.75) is 13.5 Å². The second kappa shape index (κ2) is 7.88. The Labute approximate surface area is 142 Å². The molecule has 0 radical (unpaired) electrons. The van der Waals surface area contributed by atoms with E-state index in [9.17, 15) is 4.79 Å². The zero-order valence-corrected chi connectivity index (χ0v) is 13.9. The molecule has 1 fully saturated rings. The zero-order valence-electron chi connectivity index (χ0n) is 13.9. The molecule has 2 aromatic rings. The summed E-state index contributed by atoms with van der Waals surface area (Å²) >= 11 is 0. The van der Waals surface area contributed by atoms with Gasteiger partial charge in [0, 0.05) is 32.4 Å². The van der Waals surface area contributed by atoms with Crippen LogP contribution in [0.1, 0.15) is 23.0 Å². The highest BCUT2D eigenvalue weighted by atomic mass is 16.5. The molecule has 1 aromatic carbocycles. The van der Waals surface area contributed by atoms with Gasteiger partial charge < -0.3 is 14.5 Å². The molecule has 0 saturated carbocycles. The summed E-state index contributed by atoms with van der Waals surface area (Å²) in [6, 6.07) is 11.9. The Bertz CT molecular complexity index is 672. The molecular weight excluding hydrogens is 304 g/mol. The first-order valence-corrected chi connectivity index (χ1v) is 8.27. The summed E-state index contributed by atoms with van der Waals surface area (Å²) in [4.78, 5) is 25.3. The Hall–Kier alpha value is -2.47. The van der Waals surface area contributed by atoms with Gasteiger partial charge >= 0.3 is 0 Å². The van der Waals surface area contributed by atoms with Gasteiger partial charge in [-0.1, -0.05) is 30.3 Å². The number of amides is 1. The van der Waals surface area contributed by atoms with Crippen molar-refractivity contribution in [3.8, 4) is 0 Å². The molecule has 126 valence electrons. The maximum absolute atomic E-state index is 12.6. The number of nitrogens with zero attached hydrogens (tertiary/aromatic N) is 4. The highest BCUT2D eigenvalue weighted by Crippen LogP contribution is 2.13. The molecule has 1 aromatic heterocycles. The number of ether oxygens (including phenoxy) is 1. The molecule has 0 aliphatic carbocycles. The fraction of sp³-hybridized carbons (Fsp3) is 0.389. The van der Waals surface area contributed by atoms with Gasteiger partial charge in [0.15, 0.2) is 0 Å². The molecule has 3 rings (SSSR count). The van der Waals surface area contributed by atoms with Gasteiger partial charge in [-0.15, -0.1) is 0 Å². The maximum Gasteiger partial charge on any atom is 0.272 e. The van der Waals surface area contributed by atoms with Gasteiger partial charge in [0.05, 0.1) is 13.2 Å². The lowest BCUT2D eigenvalue weighted by atomic mass is 10.2. The van der Waals surface area contributed by atoms with E-state index >= 15 is 0 Å². The predicted molar refractivity (Wildman–Crippen MR) is 91.9 cm³/mol. The average Bonchev–Trinajstić information content (AvgIpc) is 2.67. The second-order valence-corrected chi connectivity index (χ2v) is 5.65. The molecule has 2 heterocycles. The van der Waals surface area contributed by atoms with Gasteiger partial charge in [-0.3, -0.25) is 4.79 Å². The summed E-state index contributed by atoms with van der Waals surface area (Å²) in [5.74, 6) is 0.526. The van der Waals surface area contributed by atoms with Crippen LogP contribution in [0.25, 0.3) is 0 Å². The highest BCUT2D eigenvalue weighted by Gasteiger charge is 2.20. The molecule has 1 saturated heterocycles. The summed E-state index contributed by atoms with van der Waals surface area (Å²) in [6.45, 7) is 5.93. The number of benzene rings is 1. The normalized spacial score (nSPS) is 14.5. The van der Waals surface area contributed by atoms with Crippen molar-refractivity contribution < 1.29 is 9.53 Å². The fourth-order valence-corrected chi connectivity index (χ4v) is 2.68. The van der Waals surface area contributed by atoms with Crippen LogP contribution >= 0.6 is 0 Å². The van der Waals surface area contributed by atoms with Gasteiger partial charge in [-0.05, 0) is 18.6 Å². The highest BCUT2D eigenvalue weighted by molar-refractivity contribution is 5.92. The second-order valence-electron chi connectivity index (χ2n) is 5.65. The van der Waals surface area contributed by atoms with Crippen LogP contribution in [0.3, 0.4) is 0 Å². The summed E-state index contributed by atoms with van der Waals surface area (Å²) in [5, 5.41) is 0. The number of morpholine rings is 1. The van der Waals surface area contributed by atoms with Crippen molar-refractivity contribution in [1.29, 1.82) is 0 Å². The standard InChI is InChI=1S/C18H22N4O2/c1-2-21(14-15-6-4-3-5-7-15)18-19-9-8-16(20-18)17(23)22-10-12-24-13-11-22/h3-9H,2,10-14H2,1H3. The molecule has 0 bridgehead atoms. The van der Waals surface area contributed by atoms with Crippen molar-refractivity contribution >= 4 is 11.9 Å². The molecule has 0 N–H and O–H groups in total. The van der Waals surface area contributed by atoms with E-state index in [1.165, 1.54) is 5.56 Å². The van der Waals surface area contributed by atoms with Crippen LogP contribution in [0.15, 0.2) is 42.6 Å². The van der Waals surface area contributed by atoms with Crippen molar-refractivity contribution in [2.24, 2.45) is 0 Å². The lowest BCUT2D eigenvalue weighted by Gasteiger charge is -2.27. The Kier molecular flexibility index (Phi) is 5.38. The number of hydrogen-bond acceptors (Lipinski definition) is 5. The first-order valence-electron chi connectivity index (χ1n) is 8.27. The Balaban J connectivity index is 1.76. The molecule has 24 heavy (non-hydrogen) atoms. The molecular formula is C18H22N4O2. The third-order valence-corrected chi connectivity index (χ3v) is 4.04. The lowest BCUT2D eigenvalue weighted by molar-refractivity contribution is 0.0299. The zero-order chi connectivity index (χ0) is 16.8. The van der Waals surface area contributed by atoms with Crippen LogP contribution in [0, 0.1) is 0 Å². The minimum absolute atomic E-state index is 0.0577. The third kappa shape index (κ3) is 3.89. The largest absolute Gasteiger partial charge is 0.378 e. The van der Waals surface area contributed by atoms with E-state index in [4.69, 9.17) is 4.74 Å². The molecule has 0 spiro atoms. The van der Waals surface area contributed by atoms with Crippen LogP contribution < -0.4 is 4.90 Å². The van der Waals surface area contributed by atoms with Gasteiger partial charge in [-0.25, -0.2) is 9.97 Å². The number of rotatable bonds is 5. The smallest absolute Gasteiger partial charge is 0.272 e. The van der Waals surface area contributed by atoms with Crippen molar-refractivity contribution in [1.82, 2.24) is 14.9 Å². The average molecular weight is 326 g/mol. The SMILES string of the molecule is CCN(Cc1ccccc1)c1nccc(C(=O)N2CCOCC2)n1. The Morgan fingerprint density at radius 2 is 1.96 bits per heavy atom. The molecule has 0 unspecified atom stereocenters. The molecule has 0 atom stereocenters. The van der Waals surface area contributed by atoms with Crippen molar-refractivity contribution in [3.05, 3.63) is 53.9 Å². The first-order chi connectivity index (χ1) is 11.8. The number of aromatic nitrogens is 2. The van der Waals surface area contributed by atoms with Crippen LogP contribution in [0.5, 0.6) is 0 Å². The van der Waals surface area contributed by atoms with E-state index in [1.54, 1.807) is 17.2 Å². The van der Waals surface area contributed by atoms with E-state index in [-0.39, 0.29) is 5.91 Å². The predicted octanol–water partition coefficient (Wildman–Crippen LogP) is 1.98. The number of anilines is 1. The topological polar surface area (TPSA) is 58.6 Å². The summed E-state index contributed by atoms with van der Waals surface area (Å²) in [7, 11) is 0. The summed E-state index contributed by atoms with van der Waals surface area (Å²) in [6.07, 6.45) is 1.66. The van der Waals surface area contributed by atoms with Crippen molar-refractivity contribution in [2.75, 3.05) is 37.7 Å². The molecule has 1 aliphatic rings. The monoisotopic (exact) mass is 326 g/mol. The lowest BCUT2D eigenvalue weighted by Crippen LogP contribution is -2.41. The molecule has 6 nitrogen and oxygen atoms in total. The van der Waals surface area contributed by atoms with Gasteiger partial charge in [0.1, 0.15) is 5.69 Å². The van der Waals surface area contributed by atoms with Crippen LogP contribution in [0.2, 0.25) is 0 Å². The molecule has 6 heteroatoms. The quantitative estimate of drug-likeness (QED) is 0.841. The minimum atomic E-state index is -0.0577. The van der Waals surface area contributed by atoms with Crippen LogP contribution in [-0.2, 0) is 11.3 Å². The first kappa shape index (κ1) is 16.4. The summed E-state index contributed by atoms with van der Waals surface area (Å²) in [5.41, 5.74) is 1.63. The van der Waals surface area contributed by atoms with E-state index in [0.29, 0.717) is 44.5 Å². The van der Waals surface area contributed by atoms with E-state index in [0.717, 1.165) is 6.54 Å². The summed E-state index contributed by atoms with van der Waals surface area (Å²) < 4.78 is 5.30. The minimum Gasteiger partial charge on any atom is -0.378 e. The van der Waals surface area contributed by atoms with E-state index in [2.05, 4.69) is 33.9 Å². The van der Waals surface area contributed by atoms with Crippen LogP contribution in [-0.4, -0.2) is 53.6 Å². The Morgan fingerprint density at radius 3 is 2.67 bits per heavy atom. The molecule has 1 aliphatic heterocycles. The Morgan fingerprint density at radius 1 is 1.21 bits per heavy atom. The van der Waals surface area contributed by atoms with Gasteiger partial charge in [0.25, 0.3) is 5.91 Å². The maximum atomic E-state index is 12.6. The van der Waals surface area contributed by atoms with E-state index < -0.39 is 0 Å². The van der Waals surface area contributed by atoms with Gasteiger partial charge in [0.2, 0.25) is 5.95 Å². The number of hydrogen-bond donors (Lipinski definition) is 0. The van der Waals surface area contributed by atoms with Crippen LogP contribution in [0.4, 0.5) is 5.95 Å². The molecule has 1 amide bonds. The van der Waals surface area contributed by atoms with Crippen molar-refractivity contribution in [3.63, 3.8) is 0 Å². The number of carbonyl (C=O) groups excluding carboxylic acids is 1.